The second-order valence-electron chi connectivity index (χ2n) is 5.13. The number of hydrogen-bond acceptors (Lipinski definition) is 3. The Morgan fingerprint density at radius 3 is 2.42 bits per heavy atom. The molecule has 2 N–H and O–H groups in total. The highest BCUT2D eigenvalue weighted by molar-refractivity contribution is 6.37. The summed E-state index contributed by atoms with van der Waals surface area (Å²) in [6, 6.07) is 5.15. The highest BCUT2D eigenvalue weighted by Crippen LogP contribution is 2.32. The first-order valence-electron chi connectivity index (χ1n) is 6.35. The minimum absolute atomic E-state index is 0.00299. The van der Waals surface area contributed by atoms with E-state index in [2.05, 4.69) is 26.1 Å². The van der Waals surface area contributed by atoms with Crippen molar-refractivity contribution < 1.29 is 9.84 Å². The average molecular weight is 306 g/mol. The Kier molecular flexibility index (Phi) is 6.40. The van der Waals surface area contributed by atoms with Crippen LogP contribution in [0, 0.1) is 0 Å². The molecule has 1 aromatic carbocycles. The van der Waals surface area contributed by atoms with Crippen molar-refractivity contribution in [2.75, 3.05) is 13.2 Å². The second-order valence-corrected chi connectivity index (χ2v) is 5.95. The van der Waals surface area contributed by atoms with E-state index in [9.17, 15) is 5.11 Å². The van der Waals surface area contributed by atoms with Crippen LogP contribution < -0.4 is 10.1 Å². The van der Waals surface area contributed by atoms with Crippen LogP contribution in [0.3, 0.4) is 0 Å². The smallest absolute Gasteiger partial charge is 0.156 e. The summed E-state index contributed by atoms with van der Waals surface area (Å²) in [6.07, 6.45) is 0.370. The minimum Gasteiger partial charge on any atom is -0.488 e. The predicted molar refractivity (Wildman–Crippen MR) is 80.3 cm³/mol. The van der Waals surface area contributed by atoms with Gasteiger partial charge < -0.3 is 15.2 Å². The van der Waals surface area contributed by atoms with Gasteiger partial charge in [0, 0.05) is 12.1 Å². The fourth-order valence-corrected chi connectivity index (χ4v) is 1.88. The lowest BCUT2D eigenvalue weighted by Gasteiger charge is -2.26. The summed E-state index contributed by atoms with van der Waals surface area (Å²) >= 11 is 12.0. The third-order valence-corrected chi connectivity index (χ3v) is 3.63. The molecule has 0 saturated heterocycles. The fourth-order valence-electron chi connectivity index (χ4n) is 1.38. The second kappa shape index (κ2) is 7.34. The van der Waals surface area contributed by atoms with Gasteiger partial charge in [0.1, 0.15) is 12.7 Å². The number of β-amino-alcohol motifs (C(OH)–C–C–N with tert-alkyl or cyclic N) is 1. The van der Waals surface area contributed by atoms with Crippen LogP contribution in [0.25, 0.3) is 0 Å². The largest absolute Gasteiger partial charge is 0.488 e. The van der Waals surface area contributed by atoms with E-state index in [-0.39, 0.29) is 12.1 Å². The topological polar surface area (TPSA) is 41.5 Å². The van der Waals surface area contributed by atoms with Gasteiger partial charge in [0.05, 0.1) is 10.0 Å². The predicted octanol–water partition coefficient (Wildman–Crippen LogP) is 3.51. The molecule has 108 valence electrons. The maximum atomic E-state index is 9.88. The van der Waals surface area contributed by atoms with E-state index in [0.29, 0.717) is 22.3 Å². The normalized spacial score (nSPS) is 13.4. The number of aliphatic hydroxyl groups excluding tert-OH is 1. The Labute approximate surface area is 124 Å². The summed E-state index contributed by atoms with van der Waals surface area (Å²) in [6.45, 7) is 6.88. The van der Waals surface area contributed by atoms with Gasteiger partial charge in [-0.1, -0.05) is 36.2 Å². The number of halogens is 2. The number of aliphatic hydroxyl groups is 1. The van der Waals surface area contributed by atoms with Crippen LogP contribution >= 0.6 is 23.2 Å². The van der Waals surface area contributed by atoms with E-state index < -0.39 is 6.10 Å². The van der Waals surface area contributed by atoms with Crippen LogP contribution in [0.2, 0.25) is 10.0 Å². The number of nitrogens with one attached hydrogen (secondary N) is 1. The van der Waals surface area contributed by atoms with Crippen molar-refractivity contribution >= 4 is 23.2 Å². The van der Waals surface area contributed by atoms with Crippen molar-refractivity contribution in [1.29, 1.82) is 0 Å². The van der Waals surface area contributed by atoms with E-state index >= 15 is 0 Å². The van der Waals surface area contributed by atoms with Gasteiger partial charge in [0.25, 0.3) is 0 Å². The Morgan fingerprint density at radius 1 is 1.32 bits per heavy atom. The molecule has 1 unspecified atom stereocenters. The van der Waals surface area contributed by atoms with Crippen molar-refractivity contribution in [3.8, 4) is 5.75 Å². The zero-order valence-corrected chi connectivity index (χ0v) is 13.1. The summed E-state index contributed by atoms with van der Waals surface area (Å²) in [5.74, 6) is 0.416. The van der Waals surface area contributed by atoms with Gasteiger partial charge >= 0.3 is 0 Å². The molecule has 1 aromatic rings. The standard InChI is InChI=1S/C14H21Cl2NO2/c1-4-14(2,3)17-8-10(18)9-19-13-11(15)6-5-7-12(13)16/h5-7,10,17-18H,4,8-9H2,1-3H3. The molecule has 0 spiro atoms. The summed E-state index contributed by atoms with van der Waals surface area (Å²) in [7, 11) is 0. The lowest BCUT2D eigenvalue weighted by molar-refractivity contribution is 0.0986. The highest BCUT2D eigenvalue weighted by atomic mass is 35.5. The monoisotopic (exact) mass is 305 g/mol. The van der Waals surface area contributed by atoms with Gasteiger partial charge in [0.2, 0.25) is 0 Å². The van der Waals surface area contributed by atoms with Crippen molar-refractivity contribution in [2.24, 2.45) is 0 Å². The minimum atomic E-state index is -0.613. The maximum absolute atomic E-state index is 9.88. The van der Waals surface area contributed by atoms with Crippen molar-refractivity contribution in [3.63, 3.8) is 0 Å². The summed E-state index contributed by atoms with van der Waals surface area (Å²) in [5, 5.41) is 14.0. The Morgan fingerprint density at radius 2 is 1.89 bits per heavy atom. The lowest BCUT2D eigenvalue weighted by Crippen LogP contribution is -2.44. The van der Waals surface area contributed by atoms with E-state index in [1.165, 1.54) is 0 Å². The van der Waals surface area contributed by atoms with Crippen LogP contribution in [0.4, 0.5) is 0 Å². The van der Waals surface area contributed by atoms with Gasteiger partial charge in [-0.05, 0) is 32.4 Å². The van der Waals surface area contributed by atoms with E-state index in [1.54, 1.807) is 18.2 Å². The van der Waals surface area contributed by atoms with Crippen molar-refractivity contribution in [3.05, 3.63) is 28.2 Å². The van der Waals surface area contributed by atoms with Crippen LogP contribution in [0.1, 0.15) is 27.2 Å². The molecule has 0 amide bonds. The number of para-hydroxylation sites is 1. The summed E-state index contributed by atoms with van der Waals surface area (Å²) in [5.41, 5.74) is 0.00299. The molecular weight excluding hydrogens is 285 g/mol. The Balaban J connectivity index is 2.44. The third kappa shape index (κ3) is 5.57. The third-order valence-electron chi connectivity index (χ3n) is 3.04. The first-order valence-corrected chi connectivity index (χ1v) is 7.11. The lowest BCUT2D eigenvalue weighted by atomic mass is 10.0. The molecule has 1 atom stereocenters. The van der Waals surface area contributed by atoms with E-state index in [0.717, 1.165) is 6.42 Å². The van der Waals surface area contributed by atoms with Crippen molar-refractivity contribution in [1.82, 2.24) is 5.32 Å². The molecule has 0 aromatic heterocycles. The first-order chi connectivity index (χ1) is 8.85. The number of benzene rings is 1. The molecule has 0 bridgehead atoms. The van der Waals surface area contributed by atoms with Gasteiger partial charge in [-0.25, -0.2) is 0 Å². The first kappa shape index (κ1) is 16.6. The Bertz CT molecular complexity index is 390. The van der Waals surface area contributed by atoms with Crippen LogP contribution in [0.15, 0.2) is 18.2 Å². The molecular formula is C14H21Cl2NO2. The molecule has 19 heavy (non-hydrogen) atoms. The molecule has 0 heterocycles. The fraction of sp³-hybridized carbons (Fsp3) is 0.571. The van der Waals surface area contributed by atoms with Crippen LogP contribution in [0.5, 0.6) is 5.75 Å². The molecule has 0 fully saturated rings. The van der Waals surface area contributed by atoms with Crippen LogP contribution in [-0.4, -0.2) is 29.9 Å². The van der Waals surface area contributed by atoms with E-state index in [4.69, 9.17) is 27.9 Å². The quantitative estimate of drug-likeness (QED) is 0.810. The Hall–Kier alpha value is -0.480. The highest BCUT2D eigenvalue weighted by Gasteiger charge is 2.16. The van der Waals surface area contributed by atoms with Gasteiger partial charge in [-0.3, -0.25) is 0 Å². The molecule has 0 aliphatic carbocycles. The molecule has 0 radical (unpaired) electrons. The van der Waals surface area contributed by atoms with Gasteiger partial charge in [0.15, 0.2) is 5.75 Å². The molecule has 0 aliphatic heterocycles. The molecule has 0 aliphatic rings. The zero-order chi connectivity index (χ0) is 14.5. The number of rotatable bonds is 7. The maximum Gasteiger partial charge on any atom is 0.156 e. The summed E-state index contributed by atoms with van der Waals surface area (Å²) < 4.78 is 5.47. The van der Waals surface area contributed by atoms with E-state index in [1.807, 2.05) is 0 Å². The van der Waals surface area contributed by atoms with Crippen LogP contribution in [-0.2, 0) is 0 Å². The molecule has 3 nitrogen and oxygen atoms in total. The SMILES string of the molecule is CCC(C)(C)NCC(O)COc1c(Cl)cccc1Cl. The van der Waals surface area contributed by atoms with Gasteiger partial charge in [-0.2, -0.15) is 0 Å². The van der Waals surface area contributed by atoms with Gasteiger partial charge in [-0.15, -0.1) is 0 Å². The zero-order valence-electron chi connectivity index (χ0n) is 11.5. The molecule has 5 heteroatoms. The van der Waals surface area contributed by atoms with Crippen molar-refractivity contribution in [2.45, 2.75) is 38.8 Å². The molecule has 1 rings (SSSR count). The average Bonchev–Trinajstić information content (AvgIpc) is 2.36. The number of hydrogen-bond donors (Lipinski definition) is 2. The summed E-state index contributed by atoms with van der Waals surface area (Å²) in [4.78, 5) is 0. The number of ether oxygens (including phenoxy) is 1. The molecule has 0 saturated carbocycles.